The molecule has 0 atom stereocenters. The molecule has 0 bridgehead atoms. The van der Waals surface area contributed by atoms with Crippen LogP contribution in [0.4, 0.5) is 0 Å². The van der Waals surface area contributed by atoms with Crippen LogP contribution in [0, 0.1) is 18.8 Å². The van der Waals surface area contributed by atoms with Crippen molar-refractivity contribution in [3.63, 3.8) is 0 Å². The van der Waals surface area contributed by atoms with E-state index in [0.717, 1.165) is 5.69 Å². The van der Waals surface area contributed by atoms with Crippen molar-refractivity contribution in [2.24, 2.45) is 0 Å². The molecule has 0 aromatic carbocycles. The minimum absolute atomic E-state index is 0.696. The third-order valence-corrected chi connectivity index (χ3v) is 1.38. The molecule has 1 aromatic rings. The highest BCUT2D eigenvalue weighted by Gasteiger charge is 2.05. The van der Waals surface area contributed by atoms with Crippen molar-refractivity contribution in [3.8, 4) is 11.8 Å². The number of rotatable bonds is 0. The second kappa shape index (κ2) is 3.59. The molecule has 0 aliphatic heterocycles. The lowest BCUT2D eigenvalue weighted by Crippen LogP contribution is -2.14. The van der Waals surface area contributed by atoms with Gasteiger partial charge in [0.05, 0.1) is 0 Å². The van der Waals surface area contributed by atoms with Crippen molar-refractivity contribution in [1.29, 1.82) is 0 Å². The lowest BCUT2D eigenvalue weighted by atomic mass is 10.1. The Morgan fingerprint density at radius 3 is 2.62 bits per heavy atom. The SMILES string of the molecule is Cc1cccc(C#CC(C)(C)O)n1. The van der Waals surface area contributed by atoms with Crippen molar-refractivity contribution >= 4 is 0 Å². The monoisotopic (exact) mass is 175 g/mol. The summed E-state index contributed by atoms with van der Waals surface area (Å²) >= 11 is 0. The van der Waals surface area contributed by atoms with Gasteiger partial charge < -0.3 is 5.11 Å². The van der Waals surface area contributed by atoms with Gasteiger partial charge in [-0.25, -0.2) is 4.98 Å². The van der Waals surface area contributed by atoms with Crippen LogP contribution in [0.3, 0.4) is 0 Å². The highest BCUT2D eigenvalue weighted by Crippen LogP contribution is 2.00. The molecule has 0 radical (unpaired) electrons. The van der Waals surface area contributed by atoms with Crippen molar-refractivity contribution in [1.82, 2.24) is 4.98 Å². The van der Waals surface area contributed by atoms with Gasteiger partial charge in [0.1, 0.15) is 11.3 Å². The molecule has 1 rings (SSSR count). The maximum Gasteiger partial charge on any atom is 0.120 e. The highest BCUT2D eigenvalue weighted by atomic mass is 16.3. The summed E-state index contributed by atoms with van der Waals surface area (Å²) in [4.78, 5) is 4.19. The van der Waals surface area contributed by atoms with Crippen LogP contribution in [0.25, 0.3) is 0 Å². The zero-order valence-electron chi connectivity index (χ0n) is 8.13. The lowest BCUT2D eigenvalue weighted by Gasteiger charge is -2.05. The van der Waals surface area contributed by atoms with Gasteiger partial charge in [0.25, 0.3) is 0 Å². The van der Waals surface area contributed by atoms with E-state index in [2.05, 4.69) is 16.8 Å². The zero-order valence-corrected chi connectivity index (χ0v) is 8.13. The van der Waals surface area contributed by atoms with Gasteiger partial charge in [-0.1, -0.05) is 12.0 Å². The molecule has 13 heavy (non-hydrogen) atoms. The van der Waals surface area contributed by atoms with Crippen molar-refractivity contribution < 1.29 is 5.11 Å². The number of pyridine rings is 1. The second-order valence-electron chi connectivity index (χ2n) is 3.47. The number of hydrogen-bond donors (Lipinski definition) is 1. The van der Waals surface area contributed by atoms with E-state index < -0.39 is 5.60 Å². The summed E-state index contributed by atoms with van der Waals surface area (Å²) in [5, 5.41) is 9.35. The predicted octanol–water partition coefficient (Wildman–Crippen LogP) is 1.51. The van der Waals surface area contributed by atoms with Gasteiger partial charge in [-0.2, -0.15) is 0 Å². The molecular formula is C11H13NO. The molecule has 0 saturated heterocycles. The molecule has 68 valence electrons. The smallest absolute Gasteiger partial charge is 0.120 e. The summed E-state index contributed by atoms with van der Waals surface area (Å²) < 4.78 is 0. The molecule has 0 aliphatic rings. The van der Waals surface area contributed by atoms with Gasteiger partial charge in [-0.05, 0) is 38.8 Å². The van der Waals surface area contributed by atoms with E-state index >= 15 is 0 Å². The molecular weight excluding hydrogens is 162 g/mol. The molecule has 0 spiro atoms. The van der Waals surface area contributed by atoms with E-state index in [0.29, 0.717) is 5.69 Å². The lowest BCUT2D eigenvalue weighted by molar-refractivity contribution is 0.143. The van der Waals surface area contributed by atoms with E-state index in [9.17, 15) is 5.11 Å². The maximum absolute atomic E-state index is 9.35. The Hall–Kier alpha value is -1.33. The Morgan fingerprint density at radius 2 is 2.08 bits per heavy atom. The Bertz CT molecular complexity index is 352. The third-order valence-electron chi connectivity index (χ3n) is 1.38. The molecule has 0 fully saturated rings. The van der Waals surface area contributed by atoms with E-state index in [-0.39, 0.29) is 0 Å². The van der Waals surface area contributed by atoms with Crippen LogP contribution >= 0.6 is 0 Å². The summed E-state index contributed by atoms with van der Waals surface area (Å²) in [6.07, 6.45) is 0. The third kappa shape index (κ3) is 3.73. The van der Waals surface area contributed by atoms with Gasteiger partial charge in [-0.3, -0.25) is 0 Å². The van der Waals surface area contributed by atoms with Gasteiger partial charge in [0, 0.05) is 5.69 Å². The van der Waals surface area contributed by atoms with Crippen molar-refractivity contribution in [2.45, 2.75) is 26.4 Å². The fraction of sp³-hybridized carbons (Fsp3) is 0.364. The Balaban J connectivity index is 2.90. The molecule has 2 nitrogen and oxygen atoms in total. The molecule has 0 aliphatic carbocycles. The summed E-state index contributed by atoms with van der Waals surface area (Å²) in [6, 6.07) is 5.64. The van der Waals surface area contributed by atoms with E-state index in [4.69, 9.17) is 0 Å². The first kappa shape index (κ1) is 9.76. The number of hydrogen-bond acceptors (Lipinski definition) is 2. The first-order valence-electron chi connectivity index (χ1n) is 4.16. The minimum atomic E-state index is -0.953. The fourth-order valence-electron chi connectivity index (χ4n) is 0.830. The average molecular weight is 175 g/mol. The normalized spacial score (nSPS) is 10.5. The van der Waals surface area contributed by atoms with E-state index in [1.165, 1.54) is 0 Å². The van der Waals surface area contributed by atoms with Gasteiger partial charge in [0.15, 0.2) is 0 Å². The van der Waals surface area contributed by atoms with Crippen LogP contribution in [0.2, 0.25) is 0 Å². The van der Waals surface area contributed by atoms with Crippen molar-refractivity contribution in [3.05, 3.63) is 29.6 Å². The summed E-state index contributed by atoms with van der Waals surface area (Å²) in [5.74, 6) is 5.52. The first-order valence-corrected chi connectivity index (χ1v) is 4.16. The van der Waals surface area contributed by atoms with Crippen molar-refractivity contribution in [2.75, 3.05) is 0 Å². The highest BCUT2D eigenvalue weighted by molar-refractivity contribution is 5.30. The molecule has 1 heterocycles. The minimum Gasteiger partial charge on any atom is -0.378 e. The van der Waals surface area contributed by atoms with Crippen LogP contribution in [0.5, 0.6) is 0 Å². The summed E-state index contributed by atoms with van der Waals surface area (Å²) in [5.41, 5.74) is 0.676. The van der Waals surface area contributed by atoms with Crippen LogP contribution in [0.15, 0.2) is 18.2 Å². The summed E-state index contributed by atoms with van der Waals surface area (Å²) in [6.45, 7) is 5.21. The predicted molar refractivity (Wildman–Crippen MR) is 52.1 cm³/mol. The standard InChI is InChI=1S/C11H13NO/c1-9-5-4-6-10(12-9)7-8-11(2,3)13/h4-6,13H,1-3H3. The van der Waals surface area contributed by atoms with Gasteiger partial charge >= 0.3 is 0 Å². The van der Waals surface area contributed by atoms with E-state index in [1.807, 2.05) is 25.1 Å². The van der Waals surface area contributed by atoms with Crippen LogP contribution < -0.4 is 0 Å². The number of nitrogens with zero attached hydrogens (tertiary/aromatic N) is 1. The topological polar surface area (TPSA) is 33.1 Å². The molecule has 1 N–H and O–H groups in total. The zero-order chi connectivity index (χ0) is 9.90. The average Bonchev–Trinajstić information content (AvgIpc) is 2.00. The van der Waals surface area contributed by atoms with Gasteiger partial charge in [0.2, 0.25) is 0 Å². The first-order chi connectivity index (χ1) is 5.97. The second-order valence-corrected chi connectivity index (χ2v) is 3.47. The molecule has 1 aromatic heterocycles. The summed E-state index contributed by atoms with van der Waals surface area (Å²) in [7, 11) is 0. The largest absolute Gasteiger partial charge is 0.378 e. The molecule has 0 saturated carbocycles. The number of aryl methyl sites for hydroxylation is 1. The Labute approximate surface area is 78.6 Å². The Morgan fingerprint density at radius 1 is 1.38 bits per heavy atom. The fourth-order valence-corrected chi connectivity index (χ4v) is 0.830. The Kier molecular flexibility index (Phi) is 2.69. The van der Waals surface area contributed by atoms with E-state index in [1.54, 1.807) is 13.8 Å². The quantitative estimate of drug-likeness (QED) is 0.606. The number of aromatic nitrogens is 1. The van der Waals surface area contributed by atoms with Crippen LogP contribution in [0.1, 0.15) is 25.2 Å². The maximum atomic E-state index is 9.35. The van der Waals surface area contributed by atoms with Crippen LogP contribution in [-0.4, -0.2) is 15.7 Å². The van der Waals surface area contributed by atoms with Crippen LogP contribution in [-0.2, 0) is 0 Å². The molecule has 0 unspecified atom stereocenters. The van der Waals surface area contributed by atoms with Gasteiger partial charge in [-0.15, -0.1) is 0 Å². The molecule has 0 amide bonds. The number of aliphatic hydroxyl groups is 1. The molecule has 2 heteroatoms.